The molecule has 9 heteroatoms. The van der Waals surface area contributed by atoms with Gasteiger partial charge in [0.25, 0.3) is 15.6 Å². The number of aromatic amines is 2. The van der Waals surface area contributed by atoms with E-state index in [4.69, 9.17) is 5.11 Å². The first-order valence-electron chi connectivity index (χ1n) is 9.15. The van der Waals surface area contributed by atoms with Crippen molar-refractivity contribution in [3.05, 3.63) is 70.6 Å². The van der Waals surface area contributed by atoms with Gasteiger partial charge in [-0.05, 0) is 43.3 Å². The zero-order valence-electron chi connectivity index (χ0n) is 16.4. The van der Waals surface area contributed by atoms with Crippen molar-refractivity contribution < 1.29 is 18.3 Å². The Hall–Kier alpha value is -3.59. The summed E-state index contributed by atoms with van der Waals surface area (Å²) in [4.78, 5) is 27.2. The number of pyridine rings is 1. The molecular formula is C21H21N3O5S. The van der Waals surface area contributed by atoms with E-state index < -0.39 is 16.0 Å². The van der Waals surface area contributed by atoms with Crippen molar-refractivity contribution in [2.24, 2.45) is 0 Å². The van der Waals surface area contributed by atoms with Gasteiger partial charge >= 0.3 is 5.97 Å². The molecule has 0 saturated heterocycles. The second-order valence-electron chi connectivity index (χ2n) is 6.65. The van der Waals surface area contributed by atoms with E-state index in [0.29, 0.717) is 16.7 Å². The molecule has 2 aromatic carbocycles. The van der Waals surface area contributed by atoms with Crippen LogP contribution in [0.25, 0.3) is 21.8 Å². The van der Waals surface area contributed by atoms with Crippen LogP contribution in [0.4, 0.5) is 5.69 Å². The molecule has 0 aliphatic carbocycles. The number of carboxylic acids is 1. The molecule has 0 atom stereocenters. The molecule has 8 nitrogen and oxygen atoms in total. The first-order chi connectivity index (χ1) is 14.2. The van der Waals surface area contributed by atoms with Gasteiger partial charge in [-0.25, -0.2) is 8.42 Å². The Balaban J connectivity index is 0.000000461. The van der Waals surface area contributed by atoms with E-state index in [1.165, 1.54) is 0 Å². The van der Waals surface area contributed by atoms with Crippen LogP contribution < -0.4 is 10.3 Å². The Morgan fingerprint density at radius 2 is 1.73 bits per heavy atom. The number of rotatable bonds is 4. The van der Waals surface area contributed by atoms with Crippen molar-refractivity contribution in [1.29, 1.82) is 0 Å². The second-order valence-corrected chi connectivity index (χ2v) is 8.33. The van der Waals surface area contributed by atoms with Gasteiger partial charge in [-0.1, -0.05) is 24.6 Å². The first-order valence-corrected chi connectivity index (χ1v) is 10.6. The van der Waals surface area contributed by atoms with Gasteiger partial charge in [0.2, 0.25) is 0 Å². The number of aliphatic carboxylic acids is 1. The number of carboxylic acid groups (broad SMARTS) is 1. The molecule has 4 aromatic rings. The Bertz CT molecular complexity index is 1370. The van der Waals surface area contributed by atoms with Crippen molar-refractivity contribution in [2.75, 3.05) is 4.72 Å². The molecule has 156 valence electrons. The van der Waals surface area contributed by atoms with Crippen LogP contribution in [0.1, 0.15) is 18.9 Å². The molecule has 4 rings (SSSR count). The first kappa shape index (κ1) is 21.1. The molecule has 0 unspecified atom stereocenters. The maximum Gasteiger partial charge on any atom is 0.303 e. The van der Waals surface area contributed by atoms with E-state index in [-0.39, 0.29) is 16.9 Å². The third-order valence-electron chi connectivity index (χ3n) is 4.42. The molecule has 0 spiro atoms. The average Bonchev–Trinajstić information content (AvgIpc) is 3.20. The summed E-state index contributed by atoms with van der Waals surface area (Å²) in [5, 5.41) is 9.23. The van der Waals surface area contributed by atoms with Crippen LogP contribution in [0.3, 0.4) is 0 Å². The van der Waals surface area contributed by atoms with Crippen LogP contribution in [-0.4, -0.2) is 29.5 Å². The number of H-pyrrole nitrogens is 2. The predicted octanol–water partition coefficient (Wildman–Crippen LogP) is 3.60. The highest BCUT2D eigenvalue weighted by molar-refractivity contribution is 7.92. The number of hydrogen-bond acceptors (Lipinski definition) is 4. The lowest BCUT2D eigenvalue weighted by Crippen LogP contribution is -2.13. The lowest BCUT2D eigenvalue weighted by molar-refractivity contribution is -0.136. The highest BCUT2D eigenvalue weighted by Gasteiger charge is 2.15. The van der Waals surface area contributed by atoms with Gasteiger partial charge in [-0.3, -0.25) is 14.3 Å². The van der Waals surface area contributed by atoms with Gasteiger partial charge in [0.05, 0.1) is 4.90 Å². The van der Waals surface area contributed by atoms with Gasteiger partial charge in [-0.15, -0.1) is 0 Å². The fourth-order valence-corrected chi connectivity index (χ4v) is 3.89. The molecule has 0 fully saturated rings. The Labute approximate surface area is 172 Å². The zero-order valence-corrected chi connectivity index (χ0v) is 17.2. The lowest BCUT2D eigenvalue weighted by Gasteiger charge is -2.09. The summed E-state index contributed by atoms with van der Waals surface area (Å²) in [6, 6.07) is 13.5. The maximum atomic E-state index is 12.5. The fraction of sp³-hybridized carbons (Fsp3) is 0.143. The van der Waals surface area contributed by atoms with E-state index in [1.807, 2.05) is 6.92 Å². The SMILES string of the molecule is CCC(=O)O.Cc1ccc(S(=O)(=O)Nc2ccc3[nH]c(=O)c4[nH]ccc4c3c2)cc1. The van der Waals surface area contributed by atoms with Crippen LogP contribution in [0.15, 0.2) is 64.4 Å². The van der Waals surface area contributed by atoms with Crippen molar-refractivity contribution >= 4 is 43.5 Å². The number of sulfonamides is 1. The summed E-state index contributed by atoms with van der Waals surface area (Å²) >= 11 is 0. The number of anilines is 1. The monoisotopic (exact) mass is 427 g/mol. The molecule has 0 aliphatic heterocycles. The van der Waals surface area contributed by atoms with E-state index in [0.717, 1.165) is 16.3 Å². The van der Waals surface area contributed by atoms with Crippen molar-refractivity contribution in [3.63, 3.8) is 0 Å². The third-order valence-corrected chi connectivity index (χ3v) is 5.82. The van der Waals surface area contributed by atoms with Gasteiger partial charge in [-0.2, -0.15) is 0 Å². The van der Waals surface area contributed by atoms with E-state index in [9.17, 15) is 18.0 Å². The van der Waals surface area contributed by atoms with Crippen molar-refractivity contribution in [1.82, 2.24) is 9.97 Å². The van der Waals surface area contributed by atoms with Gasteiger partial charge in [0.15, 0.2) is 0 Å². The van der Waals surface area contributed by atoms with E-state index >= 15 is 0 Å². The van der Waals surface area contributed by atoms with Gasteiger partial charge in [0, 0.05) is 34.6 Å². The number of hydrogen-bond donors (Lipinski definition) is 4. The van der Waals surface area contributed by atoms with Crippen molar-refractivity contribution in [3.8, 4) is 0 Å². The zero-order chi connectivity index (χ0) is 21.9. The predicted molar refractivity (Wildman–Crippen MR) is 116 cm³/mol. The van der Waals surface area contributed by atoms with Gasteiger partial charge < -0.3 is 15.1 Å². The summed E-state index contributed by atoms with van der Waals surface area (Å²) in [5.74, 6) is -0.745. The average molecular weight is 427 g/mol. The number of fused-ring (bicyclic) bond motifs is 3. The fourth-order valence-electron chi connectivity index (χ4n) is 2.84. The minimum absolute atomic E-state index is 0.200. The molecule has 0 amide bonds. The van der Waals surface area contributed by atoms with Gasteiger partial charge in [0.1, 0.15) is 5.52 Å². The number of aromatic nitrogens is 2. The van der Waals surface area contributed by atoms with E-state index in [1.54, 1.807) is 61.7 Å². The standard InChI is InChI=1S/C18H15N3O3S.C3H6O2/c1-11-2-5-13(6-3-11)25(23,24)21-12-4-7-16-15(10-12)14-8-9-19-17(14)18(22)20-16;1-2-3(4)5/h2-10,19,21H,1H3,(H,20,22);2H2,1H3,(H,4,5). The topological polar surface area (TPSA) is 132 Å². The molecule has 2 heterocycles. The van der Waals surface area contributed by atoms with Crippen LogP contribution in [0.2, 0.25) is 0 Å². The minimum Gasteiger partial charge on any atom is -0.481 e. The molecule has 0 radical (unpaired) electrons. The summed E-state index contributed by atoms with van der Waals surface area (Å²) in [6.45, 7) is 3.50. The number of carbonyl (C=O) groups is 1. The summed E-state index contributed by atoms with van der Waals surface area (Å²) in [6.07, 6.45) is 1.91. The third kappa shape index (κ3) is 4.52. The molecule has 2 aromatic heterocycles. The Morgan fingerprint density at radius 3 is 2.37 bits per heavy atom. The largest absolute Gasteiger partial charge is 0.481 e. The molecule has 0 aliphatic rings. The Kier molecular flexibility index (Phi) is 5.93. The van der Waals surface area contributed by atoms with Crippen molar-refractivity contribution in [2.45, 2.75) is 25.2 Å². The molecule has 30 heavy (non-hydrogen) atoms. The summed E-state index contributed by atoms with van der Waals surface area (Å²) in [7, 11) is -3.68. The molecule has 0 bridgehead atoms. The second kappa shape index (κ2) is 8.42. The molecule has 4 N–H and O–H groups in total. The maximum absolute atomic E-state index is 12.5. The lowest BCUT2D eigenvalue weighted by atomic mass is 10.1. The Morgan fingerprint density at radius 1 is 1.07 bits per heavy atom. The van der Waals surface area contributed by atoms with Crippen LogP contribution >= 0.6 is 0 Å². The number of aryl methyl sites for hydroxylation is 1. The molecular weight excluding hydrogens is 406 g/mol. The van der Waals surface area contributed by atoms with Crippen LogP contribution in [0, 0.1) is 6.92 Å². The molecule has 0 saturated carbocycles. The summed E-state index contributed by atoms with van der Waals surface area (Å²) in [5.41, 5.74) is 2.33. The normalized spacial score (nSPS) is 11.1. The quantitative estimate of drug-likeness (QED) is 0.395. The highest BCUT2D eigenvalue weighted by atomic mass is 32.2. The smallest absolute Gasteiger partial charge is 0.303 e. The summed E-state index contributed by atoms with van der Waals surface area (Å²) < 4.78 is 27.7. The minimum atomic E-state index is -3.68. The van der Waals surface area contributed by atoms with Crippen LogP contribution in [-0.2, 0) is 14.8 Å². The van der Waals surface area contributed by atoms with Crippen LogP contribution in [0.5, 0.6) is 0 Å². The number of nitrogens with one attached hydrogen (secondary N) is 3. The van der Waals surface area contributed by atoms with E-state index in [2.05, 4.69) is 14.7 Å². The number of benzene rings is 2. The highest BCUT2D eigenvalue weighted by Crippen LogP contribution is 2.25.